The third kappa shape index (κ3) is 3.36. The molecule has 2 rings (SSSR count). The van der Waals surface area contributed by atoms with Crippen LogP contribution in [-0.2, 0) is 0 Å². The largest absolute Gasteiger partial charge is 0.491 e. The molecule has 0 bridgehead atoms. The number of hydrogen-bond acceptors (Lipinski definition) is 2. The molecule has 0 amide bonds. The average Bonchev–Trinajstić information content (AvgIpc) is 2.45. The van der Waals surface area contributed by atoms with Crippen molar-refractivity contribution in [1.82, 2.24) is 5.32 Å². The number of likely N-dealkylation sites (N-methyl/N-ethyl adjacent to an activating group) is 1. The van der Waals surface area contributed by atoms with E-state index in [1.165, 1.54) is 6.07 Å². The van der Waals surface area contributed by atoms with Crippen molar-refractivity contribution < 1.29 is 9.13 Å². The maximum Gasteiger partial charge on any atom is 0.128 e. The number of benzene rings is 2. The van der Waals surface area contributed by atoms with Crippen LogP contribution in [-0.4, -0.2) is 13.7 Å². The molecular weight excluding hydrogens is 253 g/mol. The average molecular weight is 273 g/mol. The Bertz CT molecular complexity index is 583. The maximum atomic E-state index is 13.8. The molecule has 1 unspecified atom stereocenters. The summed E-state index contributed by atoms with van der Waals surface area (Å²) in [5, 5.41) is 3.10. The summed E-state index contributed by atoms with van der Waals surface area (Å²) in [6, 6.07) is 12.7. The molecule has 2 aromatic carbocycles. The van der Waals surface area contributed by atoms with Gasteiger partial charge in [0.05, 0.1) is 6.04 Å². The second-order valence-corrected chi connectivity index (χ2v) is 4.94. The van der Waals surface area contributed by atoms with Crippen LogP contribution < -0.4 is 10.1 Å². The van der Waals surface area contributed by atoms with Gasteiger partial charge in [-0.05, 0) is 44.2 Å². The summed E-state index contributed by atoms with van der Waals surface area (Å²) in [4.78, 5) is 0. The van der Waals surface area contributed by atoms with E-state index in [1.54, 1.807) is 12.1 Å². The Balaban J connectivity index is 2.12. The number of nitrogens with one attached hydrogen (secondary N) is 1. The predicted octanol–water partition coefficient (Wildman–Crippen LogP) is 3.78. The van der Waals surface area contributed by atoms with E-state index in [2.05, 4.69) is 11.4 Å². The molecule has 106 valence electrons. The van der Waals surface area contributed by atoms with Crippen LogP contribution in [0.4, 0.5) is 4.39 Å². The molecule has 20 heavy (non-hydrogen) atoms. The fraction of sp³-hybridized carbons (Fsp3) is 0.294. The first-order valence-electron chi connectivity index (χ1n) is 6.73. The third-order valence-electron chi connectivity index (χ3n) is 3.38. The van der Waals surface area contributed by atoms with Gasteiger partial charge in [-0.1, -0.05) is 30.3 Å². The number of hydrogen-bond donors (Lipinski definition) is 1. The molecule has 1 atom stereocenters. The molecule has 0 aliphatic carbocycles. The number of rotatable bonds is 5. The summed E-state index contributed by atoms with van der Waals surface area (Å²) in [6.45, 7) is 4.42. The highest BCUT2D eigenvalue weighted by atomic mass is 19.1. The first-order chi connectivity index (χ1) is 9.61. The summed E-state index contributed by atoms with van der Waals surface area (Å²) >= 11 is 0. The minimum atomic E-state index is -0.212. The van der Waals surface area contributed by atoms with E-state index in [0.717, 1.165) is 16.9 Å². The molecule has 0 fully saturated rings. The highest BCUT2D eigenvalue weighted by Gasteiger charge is 2.14. The molecule has 1 N–H and O–H groups in total. The Labute approximate surface area is 119 Å². The normalized spacial score (nSPS) is 12.2. The van der Waals surface area contributed by atoms with Gasteiger partial charge in [0.2, 0.25) is 0 Å². The van der Waals surface area contributed by atoms with Crippen LogP contribution in [0.3, 0.4) is 0 Å². The van der Waals surface area contributed by atoms with Crippen LogP contribution in [0.1, 0.15) is 22.7 Å². The third-order valence-corrected chi connectivity index (χ3v) is 3.38. The lowest BCUT2D eigenvalue weighted by Gasteiger charge is -2.19. The summed E-state index contributed by atoms with van der Waals surface area (Å²) in [7, 11) is 1.81. The SMILES string of the molecule is CNC(COc1cc(C)ccc1C)c1ccccc1F. The quantitative estimate of drug-likeness (QED) is 0.895. The van der Waals surface area contributed by atoms with E-state index < -0.39 is 0 Å². The lowest BCUT2D eigenvalue weighted by molar-refractivity contribution is 0.268. The molecule has 0 saturated carbocycles. The fourth-order valence-corrected chi connectivity index (χ4v) is 2.12. The summed E-state index contributed by atoms with van der Waals surface area (Å²) < 4.78 is 19.7. The number of ether oxygens (including phenoxy) is 1. The zero-order valence-corrected chi connectivity index (χ0v) is 12.1. The van der Waals surface area contributed by atoms with Gasteiger partial charge in [0.25, 0.3) is 0 Å². The van der Waals surface area contributed by atoms with Crippen molar-refractivity contribution in [1.29, 1.82) is 0 Å². The zero-order chi connectivity index (χ0) is 14.5. The van der Waals surface area contributed by atoms with Crippen molar-refractivity contribution in [3.8, 4) is 5.75 Å². The van der Waals surface area contributed by atoms with Crippen LogP contribution in [0, 0.1) is 19.7 Å². The Morgan fingerprint density at radius 1 is 1.15 bits per heavy atom. The molecule has 0 aliphatic heterocycles. The molecule has 3 heteroatoms. The zero-order valence-electron chi connectivity index (χ0n) is 12.1. The van der Waals surface area contributed by atoms with Crippen molar-refractivity contribution in [2.24, 2.45) is 0 Å². The topological polar surface area (TPSA) is 21.3 Å². The fourth-order valence-electron chi connectivity index (χ4n) is 2.12. The lowest BCUT2D eigenvalue weighted by atomic mass is 10.1. The van der Waals surface area contributed by atoms with Gasteiger partial charge in [-0.25, -0.2) is 4.39 Å². The Kier molecular flexibility index (Phi) is 4.74. The summed E-state index contributed by atoms with van der Waals surface area (Å²) in [6.07, 6.45) is 0. The molecule has 2 aromatic rings. The van der Waals surface area contributed by atoms with Crippen LogP contribution >= 0.6 is 0 Å². The van der Waals surface area contributed by atoms with Gasteiger partial charge in [0.15, 0.2) is 0 Å². The van der Waals surface area contributed by atoms with Crippen LogP contribution in [0.5, 0.6) is 5.75 Å². The van der Waals surface area contributed by atoms with E-state index in [9.17, 15) is 4.39 Å². The van der Waals surface area contributed by atoms with Crippen molar-refractivity contribution in [3.05, 3.63) is 65.0 Å². The highest BCUT2D eigenvalue weighted by molar-refractivity contribution is 5.36. The van der Waals surface area contributed by atoms with Crippen LogP contribution in [0.25, 0.3) is 0 Å². The molecule has 0 heterocycles. The molecule has 0 aromatic heterocycles. The van der Waals surface area contributed by atoms with Gasteiger partial charge in [-0.15, -0.1) is 0 Å². The first kappa shape index (κ1) is 14.5. The maximum absolute atomic E-state index is 13.8. The standard InChI is InChI=1S/C17H20FNO/c1-12-8-9-13(2)17(10-12)20-11-16(19-3)14-6-4-5-7-15(14)18/h4-10,16,19H,11H2,1-3H3. The highest BCUT2D eigenvalue weighted by Crippen LogP contribution is 2.22. The minimum Gasteiger partial charge on any atom is -0.491 e. The monoisotopic (exact) mass is 273 g/mol. The predicted molar refractivity (Wildman–Crippen MR) is 79.6 cm³/mol. The van der Waals surface area contributed by atoms with Crippen LogP contribution in [0.15, 0.2) is 42.5 Å². The Morgan fingerprint density at radius 3 is 2.60 bits per heavy atom. The molecular formula is C17H20FNO. The minimum absolute atomic E-state index is 0.170. The van der Waals surface area contributed by atoms with Gasteiger partial charge < -0.3 is 10.1 Å². The Morgan fingerprint density at radius 2 is 1.90 bits per heavy atom. The van der Waals surface area contributed by atoms with E-state index in [-0.39, 0.29) is 11.9 Å². The van der Waals surface area contributed by atoms with Gasteiger partial charge in [-0.2, -0.15) is 0 Å². The van der Waals surface area contributed by atoms with E-state index in [0.29, 0.717) is 12.2 Å². The van der Waals surface area contributed by atoms with Gasteiger partial charge >= 0.3 is 0 Å². The molecule has 0 aliphatic rings. The molecule has 2 nitrogen and oxygen atoms in total. The summed E-state index contributed by atoms with van der Waals surface area (Å²) in [5.74, 6) is 0.637. The van der Waals surface area contributed by atoms with Gasteiger partial charge in [-0.3, -0.25) is 0 Å². The second-order valence-electron chi connectivity index (χ2n) is 4.94. The second kappa shape index (κ2) is 6.53. The van der Waals surface area contributed by atoms with Crippen molar-refractivity contribution in [2.45, 2.75) is 19.9 Å². The van der Waals surface area contributed by atoms with Crippen molar-refractivity contribution >= 4 is 0 Å². The van der Waals surface area contributed by atoms with E-state index in [4.69, 9.17) is 4.74 Å². The molecule has 0 radical (unpaired) electrons. The van der Waals surface area contributed by atoms with Crippen molar-refractivity contribution in [2.75, 3.05) is 13.7 Å². The molecule has 0 saturated heterocycles. The Hall–Kier alpha value is -1.87. The van der Waals surface area contributed by atoms with Crippen LogP contribution in [0.2, 0.25) is 0 Å². The molecule has 0 spiro atoms. The summed E-state index contributed by atoms with van der Waals surface area (Å²) in [5.41, 5.74) is 2.86. The lowest BCUT2D eigenvalue weighted by Crippen LogP contribution is -2.24. The van der Waals surface area contributed by atoms with E-state index >= 15 is 0 Å². The van der Waals surface area contributed by atoms with Gasteiger partial charge in [0, 0.05) is 5.56 Å². The number of halogens is 1. The van der Waals surface area contributed by atoms with Gasteiger partial charge in [0.1, 0.15) is 18.2 Å². The smallest absolute Gasteiger partial charge is 0.128 e. The van der Waals surface area contributed by atoms with Crippen molar-refractivity contribution in [3.63, 3.8) is 0 Å². The first-order valence-corrected chi connectivity index (χ1v) is 6.73. The number of aryl methyl sites for hydroxylation is 2. The van der Waals surface area contributed by atoms with E-state index in [1.807, 2.05) is 39.1 Å².